The Morgan fingerprint density at radius 3 is 1.29 bits per heavy atom. The van der Waals surface area contributed by atoms with Gasteiger partial charge in [-0.05, 0) is 12.8 Å². The molecule has 0 aliphatic heterocycles. The predicted molar refractivity (Wildman–Crippen MR) is 76.1 cm³/mol. The minimum Gasteiger partial charge on any atom is -0.295 e. The Kier molecular flexibility index (Phi) is 30.8. The molecule has 0 aromatic carbocycles. The molecule has 17 heavy (non-hydrogen) atoms. The number of aliphatic imine (C=N–C) groups is 4. The van der Waals surface area contributed by atoms with Crippen LogP contribution in [-0.4, -0.2) is 52.0 Å². The van der Waals surface area contributed by atoms with Gasteiger partial charge in [-0.15, -0.1) is 0 Å². The third kappa shape index (κ3) is 31.3. The Morgan fingerprint density at radius 2 is 1.06 bits per heavy atom. The number of hydrogen-bond donors (Lipinski definition) is 0. The summed E-state index contributed by atoms with van der Waals surface area (Å²) < 4.78 is 0. The summed E-state index contributed by atoms with van der Waals surface area (Å²) in [7, 11) is 3.42. The first kappa shape index (κ1) is 21.5. The second-order valence-electron chi connectivity index (χ2n) is 2.93. The van der Waals surface area contributed by atoms with E-state index in [2.05, 4.69) is 33.8 Å². The Balaban J connectivity index is -0.000000244. The van der Waals surface area contributed by atoms with Gasteiger partial charge in [-0.1, -0.05) is 13.8 Å². The van der Waals surface area contributed by atoms with Crippen LogP contribution < -0.4 is 0 Å². The van der Waals surface area contributed by atoms with E-state index in [0.29, 0.717) is 0 Å². The summed E-state index contributed by atoms with van der Waals surface area (Å²) in [6, 6.07) is 0. The average Bonchev–Trinajstić information content (AvgIpc) is 2.32. The molecule has 0 bridgehead atoms. The molecule has 1 radical (unpaired) electrons. The third-order valence-electron chi connectivity index (χ3n) is 1.35. The molecule has 0 aromatic heterocycles. The fourth-order valence-corrected chi connectivity index (χ4v) is 0.635. The fourth-order valence-electron chi connectivity index (χ4n) is 0.635. The van der Waals surface area contributed by atoms with Crippen molar-refractivity contribution < 1.29 is 16.8 Å². The Bertz CT molecular complexity index is 199. The van der Waals surface area contributed by atoms with Gasteiger partial charge in [0.25, 0.3) is 0 Å². The summed E-state index contributed by atoms with van der Waals surface area (Å²) in [5, 5.41) is 0. The molecule has 0 saturated heterocycles. The summed E-state index contributed by atoms with van der Waals surface area (Å²) in [6.45, 7) is 6.05. The van der Waals surface area contributed by atoms with Crippen LogP contribution in [0.25, 0.3) is 0 Å². The van der Waals surface area contributed by atoms with Gasteiger partial charge >= 0.3 is 0 Å². The van der Waals surface area contributed by atoms with Crippen LogP contribution in [0.3, 0.4) is 0 Å². The van der Waals surface area contributed by atoms with Gasteiger partial charge in [0.15, 0.2) is 0 Å². The maximum Gasteiger partial charge on any atom is 0.0390 e. The molecule has 0 unspecified atom stereocenters. The van der Waals surface area contributed by atoms with E-state index in [9.17, 15) is 0 Å². The van der Waals surface area contributed by atoms with E-state index in [1.54, 1.807) is 39.0 Å². The molecule has 0 aliphatic rings. The molecule has 0 spiro atoms. The molecule has 0 amide bonds. The molecular formula is C12H24CoN4. The van der Waals surface area contributed by atoms with E-state index >= 15 is 0 Å². The minimum absolute atomic E-state index is 0. The van der Waals surface area contributed by atoms with Crippen molar-refractivity contribution in [1.29, 1.82) is 0 Å². The fraction of sp³-hybridized carbons (Fsp3) is 0.667. The van der Waals surface area contributed by atoms with E-state index in [1.165, 1.54) is 0 Å². The zero-order chi connectivity index (χ0) is 12.5. The summed E-state index contributed by atoms with van der Waals surface area (Å²) in [5.41, 5.74) is 0. The van der Waals surface area contributed by atoms with Crippen LogP contribution in [0, 0.1) is 0 Å². The maximum absolute atomic E-state index is 4.09. The van der Waals surface area contributed by atoms with Crippen LogP contribution in [0.4, 0.5) is 0 Å². The van der Waals surface area contributed by atoms with Crippen LogP contribution in [-0.2, 0) is 16.8 Å². The summed E-state index contributed by atoms with van der Waals surface area (Å²) in [6.07, 6.45) is 9.05. The van der Waals surface area contributed by atoms with Gasteiger partial charge in [0.2, 0.25) is 0 Å². The molecule has 4 nitrogen and oxygen atoms in total. The maximum atomic E-state index is 4.09. The van der Waals surface area contributed by atoms with Crippen LogP contribution in [0.2, 0.25) is 0 Å². The summed E-state index contributed by atoms with van der Waals surface area (Å²) in [5.74, 6) is 0. The number of nitrogens with zero attached hydrogens (tertiary/aromatic N) is 4. The average molecular weight is 283 g/mol. The molecule has 0 aromatic rings. The topological polar surface area (TPSA) is 49.4 Å². The number of hydrogen-bond acceptors (Lipinski definition) is 4. The van der Waals surface area contributed by atoms with Crippen molar-refractivity contribution in [1.82, 2.24) is 0 Å². The van der Waals surface area contributed by atoms with E-state index in [4.69, 9.17) is 0 Å². The predicted octanol–water partition coefficient (Wildman–Crippen LogP) is 2.33. The molecule has 0 rings (SSSR count). The normalized spacial score (nSPS) is 11.1. The van der Waals surface area contributed by atoms with Crippen molar-refractivity contribution in [3.63, 3.8) is 0 Å². The zero-order valence-corrected chi connectivity index (χ0v) is 12.3. The minimum atomic E-state index is 0. The van der Waals surface area contributed by atoms with E-state index in [1.807, 2.05) is 0 Å². The summed E-state index contributed by atoms with van der Waals surface area (Å²) >= 11 is 0. The molecule has 0 N–H and O–H groups in total. The zero-order valence-electron chi connectivity index (χ0n) is 11.3. The van der Waals surface area contributed by atoms with Crippen molar-refractivity contribution in [2.75, 3.05) is 27.2 Å². The van der Waals surface area contributed by atoms with Crippen LogP contribution in [0.15, 0.2) is 20.0 Å². The van der Waals surface area contributed by atoms with Crippen LogP contribution in [0.5, 0.6) is 0 Å². The van der Waals surface area contributed by atoms with E-state index < -0.39 is 0 Å². The number of rotatable bonds is 6. The van der Waals surface area contributed by atoms with Crippen molar-refractivity contribution in [2.24, 2.45) is 20.0 Å². The summed E-state index contributed by atoms with van der Waals surface area (Å²) in [4.78, 5) is 15.5. The molecule has 0 heterocycles. The molecule has 0 aliphatic carbocycles. The van der Waals surface area contributed by atoms with Crippen molar-refractivity contribution in [2.45, 2.75) is 26.7 Å². The van der Waals surface area contributed by atoms with Gasteiger partial charge in [0, 0.05) is 68.8 Å². The van der Waals surface area contributed by atoms with E-state index in [-0.39, 0.29) is 16.8 Å². The Labute approximate surface area is 116 Å². The second-order valence-corrected chi connectivity index (χ2v) is 2.93. The standard InChI is InChI=1S/C8H16N2.C4H8N2.Co/c1-3-5-9-7-8-10-6-4-2;1-5-3-4-6-2;/h7-8H,3-6H2,1-2H3;3-4H,1-2H3;. The van der Waals surface area contributed by atoms with Gasteiger partial charge in [0.05, 0.1) is 0 Å². The molecule has 0 saturated carbocycles. The van der Waals surface area contributed by atoms with Crippen LogP contribution in [0.1, 0.15) is 26.7 Å². The third-order valence-corrected chi connectivity index (χ3v) is 1.35. The first-order valence-corrected chi connectivity index (χ1v) is 5.64. The molecule has 0 atom stereocenters. The van der Waals surface area contributed by atoms with Gasteiger partial charge in [-0.3, -0.25) is 20.0 Å². The SMILES string of the molecule is CCCN=CC=NCCC.CN=CC=NC.[Co]. The largest absolute Gasteiger partial charge is 0.295 e. The van der Waals surface area contributed by atoms with Crippen molar-refractivity contribution >= 4 is 24.9 Å². The molecule has 101 valence electrons. The molecule has 5 heteroatoms. The first-order valence-electron chi connectivity index (χ1n) is 5.64. The van der Waals surface area contributed by atoms with Gasteiger partial charge in [0.1, 0.15) is 0 Å². The first-order chi connectivity index (χ1) is 7.83. The smallest absolute Gasteiger partial charge is 0.0390 e. The molecule has 0 fully saturated rings. The van der Waals surface area contributed by atoms with Crippen molar-refractivity contribution in [3.05, 3.63) is 0 Å². The van der Waals surface area contributed by atoms with Crippen LogP contribution >= 0.6 is 0 Å². The van der Waals surface area contributed by atoms with E-state index in [0.717, 1.165) is 25.9 Å². The van der Waals surface area contributed by atoms with Gasteiger partial charge in [-0.25, -0.2) is 0 Å². The monoisotopic (exact) mass is 283 g/mol. The quantitative estimate of drug-likeness (QED) is 0.672. The van der Waals surface area contributed by atoms with Gasteiger partial charge < -0.3 is 0 Å². The Morgan fingerprint density at radius 1 is 0.706 bits per heavy atom. The van der Waals surface area contributed by atoms with Crippen molar-refractivity contribution in [3.8, 4) is 0 Å². The van der Waals surface area contributed by atoms with Gasteiger partial charge in [-0.2, -0.15) is 0 Å². The molecular weight excluding hydrogens is 259 g/mol. The second kappa shape index (κ2) is 24.4. The Hall–Kier alpha value is -0.814.